The van der Waals surface area contributed by atoms with Gasteiger partial charge in [0.15, 0.2) is 11.1 Å². The standard InChI is InChI=1S/C18H24BrN5OS.HI/c1-2-18(25,14-3-5-15(19)6-4-14)13-22-16(20)23-8-10-24(11-9-23)17-21-7-12-26-17;/h3-7,12,25H,2,8-11,13H2,1H3,(H2,20,22);1H. The number of aliphatic hydroxyl groups is 1. The summed E-state index contributed by atoms with van der Waals surface area (Å²) in [4.78, 5) is 13.2. The zero-order valence-corrected chi connectivity index (χ0v) is 19.9. The smallest absolute Gasteiger partial charge is 0.191 e. The first-order valence-corrected chi connectivity index (χ1v) is 10.4. The highest BCUT2D eigenvalue weighted by atomic mass is 127. The van der Waals surface area contributed by atoms with Crippen molar-refractivity contribution in [2.45, 2.75) is 18.9 Å². The van der Waals surface area contributed by atoms with E-state index in [1.54, 1.807) is 11.3 Å². The molecule has 148 valence electrons. The fourth-order valence-electron chi connectivity index (χ4n) is 2.98. The van der Waals surface area contributed by atoms with Gasteiger partial charge in [0.2, 0.25) is 0 Å². The maximum Gasteiger partial charge on any atom is 0.191 e. The molecule has 1 aromatic carbocycles. The lowest BCUT2D eigenvalue weighted by Crippen LogP contribution is -2.51. The quantitative estimate of drug-likeness (QED) is 0.330. The summed E-state index contributed by atoms with van der Waals surface area (Å²) in [6.07, 6.45) is 2.40. The maximum atomic E-state index is 11.0. The molecule has 0 aliphatic carbocycles. The highest BCUT2D eigenvalue weighted by Crippen LogP contribution is 2.27. The average Bonchev–Trinajstić information content (AvgIpc) is 3.21. The Hall–Kier alpha value is -0.910. The van der Waals surface area contributed by atoms with Crippen molar-refractivity contribution in [1.29, 1.82) is 0 Å². The van der Waals surface area contributed by atoms with Crippen LogP contribution in [-0.4, -0.2) is 53.7 Å². The van der Waals surface area contributed by atoms with Crippen molar-refractivity contribution in [2.75, 3.05) is 37.6 Å². The predicted molar refractivity (Wildman–Crippen MR) is 126 cm³/mol. The first-order chi connectivity index (χ1) is 12.5. The van der Waals surface area contributed by atoms with Crippen LogP contribution >= 0.6 is 51.2 Å². The molecule has 6 nitrogen and oxygen atoms in total. The summed E-state index contributed by atoms with van der Waals surface area (Å²) in [5, 5.41) is 14.0. The molecule has 27 heavy (non-hydrogen) atoms. The van der Waals surface area contributed by atoms with Gasteiger partial charge in [0.05, 0.1) is 6.54 Å². The minimum atomic E-state index is -1.01. The van der Waals surface area contributed by atoms with E-state index in [0.29, 0.717) is 12.4 Å². The summed E-state index contributed by atoms with van der Waals surface area (Å²) in [6, 6.07) is 7.71. The van der Waals surface area contributed by atoms with Crippen LogP contribution in [0.1, 0.15) is 18.9 Å². The number of benzene rings is 1. The van der Waals surface area contributed by atoms with Gasteiger partial charge in [0.1, 0.15) is 5.60 Å². The molecule has 1 aliphatic heterocycles. The van der Waals surface area contributed by atoms with Crippen LogP contribution in [0, 0.1) is 0 Å². The van der Waals surface area contributed by atoms with Gasteiger partial charge >= 0.3 is 0 Å². The van der Waals surface area contributed by atoms with Crippen LogP contribution in [0.5, 0.6) is 0 Å². The van der Waals surface area contributed by atoms with Gasteiger partial charge < -0.3 is 20.6 Å². The number of halogens is 2. The number of rotatable bonds is 5. The number of aliphatic imine (C=N–C) groups is 1. The van der Waals surface area contributed by atoms with E-state index in [4.69, 9.17) is 5.73 Å². The molecule has 1 aliphatic rings. The highest BCUT2D eigenvalue weighted by molar-refractivity contribution is 14.0. The van der Waals surface area contributed by atoms with Crippen LogP contribution in [-0.2, 0) is 5.60 Å². The number of piperazine rings is 1. The molecule has 0 bridgehead atoms. The Bertz CT molecular complexity index is 735. The van der Waals surface area contributed by atoms with Crippen molar-refractivity contribution in [1.82, 2.24) is 9.88 Å². The third kappa shape index (κ3) is 5.55. The topological polar surface area (TPSA) is 78.0 Å². The molecule has 3 N–H and O–H groups in total. The van der Waals surface area contributed by atoms with E-state index < -0.39 is 5.60 Å². The number of anilines is 1. The Morgan fingerprint density at radius 1 is 1.30 bits per heavy atom. The predicted octanol–water partition coefficient (Wildman–Crippen LogP) is 3.26. The van der Waals surface area contributed by atoms with Crippen molar-refractivity contribution in [3.63, 3.8) is 0 Å². The van der Waals surface area contributed by atoms with Crippen LogP contribution in [0.4, 0.5) is 5.13 Å². The van der Waals surface area contributed by atoms with E-state index in [2.05, 4.69) is 35.7 Å². The fraction of sp³-hybridized carbons (Fsp3) is 0.444. The lowest BCUT2D eigenvalue weighted by Gasteiger charge is -2.35. The van der Waals surface area contributed by atoms with Crippen molar-refractivity contribution >= 4 is 62.3 Å². The van der Waals surface area contributed by atoms with Crippen LogP contribution in [0.2, 0.25) is 0 Å². The fourth-order valence-corrected chi connectivity index (χ4v) is 3.94. The van der Waals surface area contributed by atoms with Crippen molar-refractivity contribution < 1.29 is 5.11 Å². The Balaban J connectivity index is 0.00000261. The van der Waals surface area contributed by atoms with E-state index in [1.807, 2.05) is 42.8 Å². The summed E-state index contributed by atoms with van der Waals surface area (Å²) >= 11 is 5.08. The van der Waals surface area contributed by atoms with Gasteiger partial charge in [-0.1, -0.05) is 35.0 Å². The number of hydrogen-bond donors (Lipinski definition) is 2. The molecule has 0 amide bonds. The number of nitrogens with two attached hydrogens (primary N) is 1. The van der Waals surface area contributed by atoms with E-state index in [-0.39, 0.29) is 30.5 Å². The third-order valence-corrected chi connectivity index (χ3v) is 6.12. The minimum Gasteiger partial charge on any atom is -0.383 e. The van der Waals surface area contributed by atoms with Crippen LogP contribution in [0.3, 0.4) is 0 Å². The second-order valence-corrected chi connectivity index (χ2v) is 8.14. The SMILES string of the molecule is CCC(O)(CN=C(N)N1CCN(c2nccs2)CC1)c1ccc(Br)cc1.I. The molecule has 1 saturated heterocycles. The molecule has 0 radical (unpaired) electrons. The number of guanidine groups is 1. The number of nitrogens with zero attached hydrogens (tertiary/aromatic N) is 4. The normalized spacial score (nSPS) is 17.4. The Morgan fingerprint density at radius 2 is 1.96 bits per heavy atom. The van der Waals surface area contributed by atoms with E-state index in [1.165, 1.54) is 0 Å². The zero-order valence-electron chi connectivity index (χ0n) is 15.2. The van der Waals surface area contributed by atoms with Gasteiger partial charge in [0, 0.05) is 42.2 Å². The van der Waals surface area contributed by atoms with Crippen molar-refractivity contribution in [3.8, 4) is 0 Å². The second-order valence-electron chi connectivity index (χ2n) is 6.36. The largest absolute Gasteiger partial charge is 0.383 e. The maximum absolute atomic E-state index is 11.0. The summed E-state index contributed by atoms with van der Waals surface area (Å²) in [5.74, 6) is 0.493. The monoisotopic (exact) mass is 565 g/mol. The summed E-state index contributed by atoms with van der Waals surface area (Å²) in [7, 11) is 0. The molecular weight excluding hydrogens is 541 g/mol. The highest BCUT2D eigenvalue weighted by Gasteiger charge is 2.28. The molecular formula is C18H25BrIN5OS. The first-order valence-electron chi connectivity index (χ1n) is 8.69. The average molecular weight is 566 g/mol. The third-order valence-electron chi connectivity index (χ3n) is 4.76. The zero-order chi connectivity index (χ0) is 18.6. The van der Waals surface area contributed by atoms with E-state index in [0.717, 1.165) is 41.3 Å². The molecule has 1 fully saturated rings. The van der Waals surface area contributed by atoms with Gasteiger partial charge in [-0.25, -0.2) is 9.98 Å². The summed E-state index contributed by atoms with van der Waals surface area (Å²) in [6.45, 7) is 5.56. The summed E-state index contributed by atoms with van der Waals surface area (Å²) < 4.78 is 0.987. The van der Waals surface area contributed by atoms with E-state index >= 15 is 0 Å². The Morgan fingerprint density at radius 3 is 2.52 bits per heavy atom. The lowest BCUT2D eigenvalue weighted by atomic mass is 9.91. The number of aromatic nitrogens is 1. The Kier molecular flexibility index (Phi) is 8.32. The molecule has 0 saturated carbocycles. The number of hydrogen-bond acceptors (Lipinski definition) is 5. The van der Waals surface area contributed by atoms with Crippen LogP contribution < -0.4 is 10.6 Å². The molecule has 1 unspecified atom stereocenters. The number of thiazole rings is 1. The van der Waals surface area contributed by atoms with Gasteiger partial charge in [-0.05, 0) is 24.1 Å². The van der Waals surface area contributed by atoms with E-state index in [9.17, 15) is 5.11 Å². The molecule has 9 heteroatoms. The summed E-state index contributed by atoms with van der Waals surface area (Å²) in [5.41, 5.74) is 6.05. The lowest BCUT2D eigenvalue weighted by molar-refractivity contribution is 0.0421. The second kappa shape index (κ2) is 10.0. The Labute approximate surface area is 189 Å². The van der Waals surface area contributed by atoms with Gasteiger partial charge in [-0.3, -0.25) is 0 Å². The molecule has 1 atom stereocenters. The molecule has 3 rings (SSSR count). The molecule has 2 aromatic rings. The molecule has 1 aromatic heterocycles. The first kappa shape index (κ1) is 22.4. The van der Waals surface area contributed by atoms with Gasteiger partial charge in [0.25, 0.3) is 0 Å². The van der Waals surface area contributed by atoms with Crippen LogP contribution in [0.25, 0.3) is 0 Å². The molecule has 2 heterocycles. The van der Waals surface area contributed by atoms with Gasteiger partial charge in [-0.2, -0.15) is 0 Å². The van der Waals surface area contributed by atoms with Crippen molar-refractivity contribution in [3.05, 3.63) is 45.9 Å². The van der Waals surface area contributed by atoms with Crippen LogP contribution in [0.15, 0.2) is 45.3 Å². The van der Waals surface area contributed by atoms with Gasteiger partial charge in [-0.15, -0.1) is 35.3 Å². The van der Waals surface area contributed by atoms with Crippen molar-refractivity contribution in [2.24, 2.45) is 10.7 Å². The molecule has 0 spiro atoms. The minimum absolute atomic E-state index is 0.